The molecule has 0 saturated carbocycles. The zero-order valence-electron chi connectivity index (χ0n) is 18.1. The number of H-pyrrole nitrogens is 1. The van der Waals surface area contributed by atoms with Gasteiger partial charge < -0.3 is 14.6 Å². The highest BCUT2D eigenvalue weighted by Crippen LogP contribution is 2.34. The molecular weight excluding hydrogens is 372 g/mol. The molecule has 3 aromatic rings. The summed E-state index contributed by atoms with van der Waals surface area (Å²) in [6.45, 7) is 5.82. The molecule has 2 aromatic carbocycles. The lowest BCUT2D eigenvalue weighted by atomic mass is 9.88. The summed E-state index contributed by atoms with van der Waals surface area (Å²) < 4.78 is 5.39. The maximum Gasteiger partial charge on any atom is 0.196 e. The van der Waals surface area contributed by atoms with Crippen molar-refractivity contribution in [1.82, 2.24) is 9.88 Å². The van der Waals surface area contributed by atoms with Crippen LogP contribution in [-0.2, 0) is 0 Å². The van der Waals surface area contributed by atoms with Crippen LogP contribution in [0.2, 0.25) is 0 Å². The molecule has 0 unspecified atom stereocenters. The summed E-state index contributed by atoms with van der Waals surface area (Å²) in [7, 11) is 1.61. The van der Waals surface area contributed by atoms with Crippen molar-refractivity contribution in [2.24, 2.45) is 0 Å². The first-order chi connectivity index (χ1) is 14.7. The number of fused-ring (bicyclic) bond motifs is 1. The number of rotatable bonds is 8. The van der Waals surface area contributed by atoms with Gasteiger partial charge in [-0.2, -0.15) is 0 Å². The number of aromatic nitrogens is 1. The Morgan fingerprint density at radius 3 is 2.70 bits per heavy atom. The standard InChI is InChI=1S/C26H32N2O2/c1-3-4-7-14-28-15-12-19(13-16-28)23-18-27-24-11-10-20(17-22(23)24)26(29)21-8-5-6-9-25(21)30-2/h5-6,8-11,17-19,27H,3-4,7,12-16H2,1-2H3. The Labute approximate surface area is 179 Å². The van der Waals surface area contributed by atoms with Gasteiger partial charge in [0.05, 0.1) is 12.7 Å². The highest BCUT2D eigenvalue weighted by molar-refractivity contribution is 6.12. The summed E-state index contributed by atoms with van der Waals surface area (Å²) in [5.74, 6) is 1.18. The number of unbranched alkanes of at least 4 members (excludes halogenated alkanes) is 2. The molecule has 2 heterocycles. The Kier molecular flexibility index (Phi) is 6.53. The van der Waals surface area contributed by atoms with Gasteiger partial charge in [-0.3, -0.25) is 4.79 Å². The Balaban J connectivity index is 1.53. The van der Waals surface area contributed by atoms with Crippen molar-refractivity contribution in [2.45, 2.75) is 44.9 Å². The smallest absolute Gasteiger partial charge is 0.196 e. The number of ketones is 1. The van der Waals surface area contributed by atoms with Gasteiger partial charge in [0.15, 0.2) is 5.78 Å². The molecule has 1 aliphatic rings. The van der Waals surface area contributed by atoms with Crippen LogP contribution in [0.15, 0.2) is 48.7 Å². The third-order valence-corrected chi connectivity index (χ3v) is 6.43. The molecule has 0 atom stereocenters. The molecule has 1 saturated heterocycles. The summed E-state index contributed by atoms with van der Waals surface area (Å²) >= 11 is 0. The molecule has 4 heteroatoms. The Bertz CT molecular complexity index is 999. The normalized spacial score (nSPS) is 15.5. The summed E-state index contributed by atoms with van der Waals surface area (Å²) in [6, 6.07) is 13.4. The molecule has 30 heavy (non-hydrogen) atoms. The predicted octanol–water partition coefficient (Wildman–Crippen LogP) is 5.78. The van der Waals surface area contributed by atoms with E-state index >= 15 is 0 Å². The number of carbonyl (C=O) groups is 1. The number of hydrogen-bond acceptors (Lipinski definition) is 3. The second-order valence-corrected chi connectivity index (χ2v) is 8.36. The first-order valence-corrected chi connectivity index (χ1v) is 11.2. The molecule has 0 radical (unpaired) electrons. The minimum absolute atomic E-state index is 0.00671. The van der Waals surface area contributed by atoms with Gasteiger partial charge in [0.2, 0.25) is 0 Å². The number of piperidine rings is 1. The first-order valence-electron chi connectivity index (χ1n) is 11.2. The lowest BCUT2D eigenvalue weighted by molar-refractivity contribution is 0.103. The lowest BCUT2D eigenvalue weighted by Crippen LogP contribution is -2.33. The van der Waals surface area contributed by atoms with Crippen LogP contribution in [0.25, 0.3) is 10.9 Å². The molecule has 0 amide bonds. The van der Waals surface area contributed by atoms with Crippen molar-refractivity contribution < 1.29 is 9.53 Å². The van der Waals surface area contributed by atoms with Crippen LogP contribution in [0, 0.1) is 0 Å². The van der Waals surface area contributed by atoms with Crippen LogP contribution in [0.4, 0.5) is 0 Å². The van der Waals surface area contributed by atoms with Crippen LogP contribution in [0.3, 0.4) is 0 Å². The average Bonchev–Trinajstić information content (AvgIpc) is 3.22. The zero-order chi connectivity index (χ0) is 20.9. The fourth-order valence-corrected chi connectivity index (χ4v) is 4.66. The maximum absolute atomic E-state index is 13.2. The second kappa shape index (κ2) is 9.48. The highest BCUT2D eigenvalue weighted by atomic mass is 16.5. The summed E-state index contributed by atoms with van der Waals surface area (Å²) in [4.78, 5) is 19.2. The van der Waals surface area contributed by atoms with E-state index in [1.54, 1.807) is 7.11 Å². The van der Waals surface area contributed by atoms with Crippen LogP contribution in [0.5, 0.6) is 5.75 Å². The average molecular weight is 405 g/mol. The van der Waals surface area contributed by atoms with E-state index < -0.39 is 0 Å². The van der Waals surface area contributed by atoms with Crippen molar-refractivity contribution in [2.75, 3.05) is 26.7 Å². The van der Waals surface area contributed by atoms with E-state index in [-0.39, 0.29) is 5.78 Å². The molecule has 4 rings (SSSR count). The molecule has 1 N–H and O–H groups in total. The van der Waals surface area contributed by atoms with Gasteiger partial charge in [-0.25, -0.2) is 0 Å². The molecule has 158 valence electrons. The number of ether oxygens (including phenoxy) is 1. The number of nitrogens with one attached hydrogen (secondary N) is 1. The van der Waals surface area contributed by atoms with Crippen LogP contribution < -0.4 is 4.74 Å². The van der Waals surface area contributed by atoms with Crippen LogP contribution in [0.1, 0.15) is 66.4 Å². The molecular formula is C26H32N2O2. The molecule has 0 spiro atoms. The number of methoxy groups -OCH3 is 1. The number of likely N-dealkylation sites (tertiary alicyclic amines) is 1. The summed E-state index contributed by atoms with van der Waals surface area (Å²) in [5, 5.41) is 1.18. The number of nitrogens with zero attached hydrogens (tertiary/aromatic N) is 1. The third kappa shape index (κ3) is 4.29. The van der Waals surface area contributed by atoms with E-state index in [2.05, 4.69) is 29.1 Å². The van der Waals surface area contributed by atoms with Gasteiger partial charge in [-0.15, -0.1) is 0 Å². The van der Waals surface area contributed by atoms with Crippen LogP contribution >= 0.6 is 0 Å². The van der Waals surface area contributed by atoms with E-state index in [0.717, 1.165) is 5.52 Å². The van der Waals surface area contributed by atoms with Gasteiger partial charge in [0, 0.05) is 22.7 Å². The number of aromatic amines is 1. The molecule has 0 bridgehead atoms. The Morgan fingerprint density at radius 1 is 1.13 bits per heavy atom. The van der Waals surface area contributed by atoms with E-state index in [9.17, 15) is 4.79 Å². The first kappa shape index (κ1) is 20.7. The van der Waals surface area contributed by atoms with E-state index in [1.165, 1.54) is 62.7 Å². The van der Waals surface area contributed by atoms with E-state index in [0.29, 0.717) is 22.8 Å². The minimum atomic E-state index is 0.00671. The van der Waals surface area contributed by atoms with Gasteiger partial charge in [0.1, 0.15) is 5.75 Å². The van der Waals surface area contributed by atoms with Crippen LogP contribution in [-0.4, -0.2) is 42.4 Å². The third-order valence-electron chi connectivity index (χ3n) is 6.43. The predicted molar refractivity (Wildman–Crippen MR) is 123 cm³/mol. The number of benzene rings is 2. The molecule has 1 aliphatic heterocycles. The quantitative estimate of drug-likeness (QED) is 0.382. The molecule has 1 aromatic heterocycles. The number of hydrogen-bond donors (Lipinski definition) is 1. The van der Waals surface area contributed by atoms with E-state index in [1.807, 2.05) is 36.4 Å². The Hall–Kier alpha value is -2.59. The summed E-state index contributed by atoms with van der Waals surface area (Å²) in [6.07, 6.45) is 8.43. The maximum atomic E-state index is 13.2. The fraction of sp³-hybridized carbons (Fsp3) is 0.423. The topological polar surface area (TPSA) is 45.3 Å². The van der Waals surface area contributed by atoms with E-state index in [4.69, 9.17) is 4.74 Å². The number of carbonyl (C=O) groups excluding carboxylic acids is 1. The van der Waals surface area contributed by atoms with Crippen molar-refractivity contribution >= 4 is 16.7 Å². The number of para-hydroxylation sites is 1. The monoisotopic (exact) mass is 404 g/mol. The SMILES string of the molecule is CCCCCN1CCC(c2c[nH]c3ccc(C(=O)c4ccccc4OC)cc23)CC1. The lowest BCUT2D eigenvalue weighted by Gasteiger charge is -2.32. The van der Waals surface area contributed by atoms with Crippen molar-refractivity contribution in [1.29, 1.82) is 0 Å². The van der Waals surface area contributed by atoms with Crippen molar-refractivity contribution in [3.05, 3.63) is 65.4 Å². The largest absolute Gasteiger partial charge is 0.496 e. The minimum Gasteiger partial charge on any atom is -0.496 e. The highest BCUT2D eigenvalue weighted by Gasteiger charge is 2.23. The molecule has 0 aliphatic carbocycles. The summed E-state index contributed by atoms with van der Waals surface area (Å²) in [5.41, 5.74) is 3.78. The van der Waals surface area contributed by atoms with Gasteiger partial charge in [-0.1, -0.05) is 31.9 Å². The zero-order valence-corrected chi connectivity index (χ0v) is 18.1. The van der Waals surface area contributed by atoms with Crippen molar-refractivity contribution in [3.63, 3.8) is 0 Å². The molecule has 1 fully saturated rings. The second-order valence-electron chi connectivity index (χ2n) is 8.36. The van der Waals surface area contributed by atoms with Gasteiger partial charge in [-0.05, 0) is 80.7 Å². The molecule has 4 nitrogen and oxygen atoms in total. The Morgan fingerprint density at radius 2 is 1.93 bits per heavy atom. The fourth-order valence-electron chi connectivity index (χ4n) is 4.66. The van der Waals surface area contributed by atoms with Crippen molar-refractivity contribution in [3.8, 4) is 5.75 Å². The van der Waals surface area contributed by atoms with Gasteiger partial charge in [0.25, 0.3) is 0 Å². The van der Waals surface area contributed by atoms with Gasteiger partial charge >= 0.3 is 0 Å².